The lowest BCUT2D eigenvalue weighted by atomic mass is 9.74. The molecule has 0 amide bonds. The maximum absolute atomic E-state index is 5.30. The molecule has 9 aromatic rings. The summed E-state index contributed by atoms with van der Waals surface area (Å²) in [7, 11) is 0. The van der Waals surface area contributed by atoms with E-state index in [1.165, 1.54) is 54.8 Å². The minimum absolute atomic E-state index is 0.225. The van der Waals surface area contributed by atoms with Gasteiger partial charge in [-0.1, -0.05) is 123 Å². The maximum atomic E-state index is 5.30. The first-order chi connectivity index (χ1) is 22.6. The van der Waals surface area contributed by atoms with Crippen molar-refractivity contribution in [1.82, 2.24) is 14.5 Å². The highest BCUT2D eigenvalue weighted by Gasteiger charge is 2.35. The van der Waals surface area contributed by atoms with Gasteiger partial charge in [-0.25, -0.2) is 9.97 Å². The summed E-state index contributed by atoms with van der Waals surface area (Å²) in [6, 6.07) is 50.3. The minimum Gasteiger partial charge on any atom is -0.309 e. The van der Waals surface area contributed by atoms with Gasteiger partial charge >= 0.3 is 0 Å². The van der Waals surface area contributed by atoms with Crippen molar-refractivity contribution in [1.29, 1.82) is 0 Å². The van der Waals surface area contributed by atoms with Gasteiger partial charge in [0.1, 0.15) is 0 Å². The number of fused-ring (bicyclic) bond motifs is 10. The minimum atomic E-state index is -0.225. The Balaban J connectivity index is 1.27. The summed E-state index contributed by atoms with van der Waals surface area (Å²) in [4.78, 5) is 10.6. The predicted molar refractivity (Wildman–Crippen MR) is 192 cm³/mol. The van der Waals surface area contributed by atoms with E-state index in [0.29, 0.717) is 0 Å². The van der Waals surface area contributed by atoms with Gasteiger partial charge in [-0.05, 0) is 57.6 Å². The molecular weight excluding hydrogens is 558 g/mol. The van der Waals surface area contributed by atoms with Crippen LogP contribution >= 0.6 is 0 Å². The Morgan fingerprint density at radius 2 is 1.24 bits per heavy atom. The lowest BCUT2D eigenvalue weighted by Gasteiger charge is -2.35. The fourth-order valence-electron chi connectivity index (χ4n) is 7.92. The molecule has 1 aliphatic rings. The summed E-state index contributed by atoms with van der Waals surface area (Å²) in [6.45, 7) is 4.71. The first kappa shape index (κ1) is 25.5. The monoisotopic (exact) mass is 587 g/mol. The fourth-order valence-corrected chi connectivity index (χ4v) is 7.92. The second-order valence-corrected chi connectivity index (χ2v) is 13.0. The second kappa shape index (κ2) is 9.12. The van der Waals surface area contributed by atoms with Crippen molar-refractivity contribution in [2.24, 2.45) is 0 Å². The molecule has 0 unspecified atom stereocenters. The van der Waals surface area contributed by atoms with Gasteiger partial charge in [0, 0.05) is 38.1 Å². The lowest BCUT2D eigenvalue weighted by molar-refractivity contribution is 0.630. The van der Waals surface area contributed by atoms with Gasteiger partial charge in [-0.15, -0.1) is 0 Å². The van der Waals surface area contributed by atoms with E-state index < -0.39 is 0 Å². The van der Waals surface area contributed by atoms with Crippen molar-refractivity contribution in [2.45, 2.75) is 19.3 Å². The highest BCUT2D eigenvalue weighted by atomic mass is 15.0. The van der Waals surface area contributed by atoms with E-state index in [9.17, 15) is 0 Å². The Bertz CT molecular complexity index is 2720. The van der Waals surface area contributed by atoms with Gasteiger partial charge in [0.05, 0.1) is 27.9 Å². The molecule has 10 rings (SSSR count). The number of para-hydroxylation sites is 1. The van der Waals surface area contributed by atoms with Crippen molar-refractivity contribution < 1.29 is 0 Å². The maximum Gasteiger partial charge on any atom is 0.160 e. The zero-order valence-corrected chi connectivity index (χ0v) is 25.6. The van der Waals surface area contributed by atoms with Crippen molar-refractivity contribution in [3.63, 3.8) is 0 Å². The molecule has 0 bridgehead atoms. The molecule has 7 aromatic carbocycles. The molecular formula is C43H29N3. The third-order valence-corrected chi connectivity index (χ3v) is 10.2. The number of hydrogen-bond donors (Lipinski definition) is 0. The van der Waals surface area contributed by atoms with Crippen LogP contribution in [0.5, 0.6) is 0 Å². The molecule has 0 saturated carbocycles. The normalized spacial score (nSPS) is 13.6. The van der Waals surface area contributed by atoms with Gasteiger partial charge in [0.2, 0.25) is 0 Å². The van der Waals surface area contributed by atoms with E-state index in [1.54, 1.807) is 0 Å². The van der Waals surface area contributed by atoms with Crippen LogP contribution in [0.15, 0.2) is 140 Å². The second-order valence-electron chi connectivity index (χ2n) is 13.0. The Kier molecular flexibility index (Phi) is 5.06. The Morgan fingerprint density at radius 3 is 2.09 bits per heavy atom. The van der Waals surface area contributed by atoms with Gasteiger partial charge in [-0.2, -0.15) is 0 Å². The van der Waals surface area contributed by atoms with Crippen LogP contribution in [0, 0.1) is 0 Å². The third-order valence-electron chi connectivity index (χ3n) is 10.2. The molecule has 0 spiro atoms. The average molecular weight is 588 g/mol. The number of nitrogens with zero attached hydrogens (tertiary/aromatic N) is 3. The first-order valence-corrected chi connectivity index (χ1v) is 15.9. The van der Waals surface area contributed by atoms with Crippen LogP contribution in [0.1, 0.15) is 25.0 Å². The van der Waals surface area contributed by atoms with Crippen molar-refractivity contribution >= 4 is 54.3 Å². The standard InChI is InChI=1S/C43H29N3/c1-43(2)34-18-10-17-32-38-30-15-8-6-11-26(30)20-24-37(38)46(41(32)34)36-23-21-29(25-35(36)43)42-44-39(28-13-4-3-5-14-28)33-22-19-27-12-7-9-16-31(27)40(33)45-42/h3-25H,1-2H3. The van der Waals surface area contributed by atoms with Gasteiger partial charge in [0.25, 0.3) is 0 Å². The van der Waals surface area contributed by atoms with E-state index in [1.807, 2.05) is 0 Å². The summed E-state index contributed by atoms with van der Waals surface area (Å²) < 4.78 is 2.49. The summed E-state index contributed by atoms with van der Waals surface area (Å²) in [6.07, 6.45) is 0. The molecule has 0 saturated heterocycles. The van der Waals surface area contributed by atoms with Crippen LogP contribution in [0.25, 0.3) is 82.6 Å². The van der Waals surface area contributed by atoms with E-state index in [0.717, 1.165) is 38.9 Å². The molecule has 0 fully saturated rings. The third kappa shape index (κ3) is 3.37. The van der Waals surface area contributed by atoms with Crippen LogP contribution in [0.4, 0.5) is 0 Å². The molecule has 0 aliphatic carbocycles. The molecule has 3 heteroatoms. The van der Waals surface area contributed by atoms with E-state index in [2.05, 4.69) is 158 Å². The Labute approximate surface area is 266 Å². The number of aromatic nitrogens is 3. The number of benzene rings is 7. The molecule has 2 aromatic heterocycles. The van der Waals surface area contributed by atoms with E-state index in [-0.39, 0.29) is 5.41 Å². The van der Waals surface area contributed by atoms with Gasteiger partial charge in [0.15, 0.2) is 5.82 Å². The van der Waals surface area contributed by atoms with Crippen molar-refractivity contribution in [3.8, 4) is 28.3 Å². The summed E-state index contributed by atoms with van der Waals surface area (Å²) in [5.41, 5.74) is 10.2. The molecule has 3 nitrogen and oxygen atoms in total. The quantitative estimate of drug-likeness (QED) is 0.188. The van der Waals surface area contributed by atoms with Crippen LogP contribution in [0.2, 0.25) is 0 Å². The molecule has 3 heterocycles. The predicted octanol–water partition coefficient (Wildman–Crippen LogP) is 11.0. The molecule has 0 radical (unpaired) electrons. The van der Waals surface area contributed by atoms with E-state index >= 15 is 0 Å². The van der Waals surface area contributed by atoms with Crippen LogP contribution in [0.3, 0.4) is 0 Å². The molecule has 1 aliphatic heterocycles. The molecule has 0 N–H and O–H groups in total. The number of hydrogen-bond acceptors (Lipinski definition) is 2. The van der Waals surface area contributed by atoms with Crippen LogP contribution < -0.4 is 0 Å². The first-order valence-electron chi connectivity index (χ1n) is 15.9. The lowest BCUT2D eigenvalue weighted by Crippen LogP contribution is -2.26. The molecule has 46 heavy (non-hydrogen) atoms. The van der Waals surface area contributed by atoms with Gasteiger partial charge in [-0.3, -0.25) is 0 Å². The van der Waals surface area contributed by atoms with E-state index in [4.69, 9.17) is 9.97 Å². The summed E-state index contributed by atoms with van der Waals surface area (Å²) >= 11 is 0. The molecule has 216 valence electrons. The van der Waals surface area contributed by atoms with Gasteiger partial charge < -0.3 is 4.57 Å². The zero-order valence-electron chi connectivity index (χ0n) is 25.6. The van der Waals surface area contributed by atoms with Crippen molar-refractivity contribution in [2.75, 3.05) is 0 Å². The Hall–Kier alpha value is -5.80. The average Bonchev–Trinajstić information content (AvgIpc) is 3.46. The SMILES string of the molecule is CC1(C)c2cc(-c3nc(-c4ccccc4)c4ccc5ccccc5c4n3)ccc2-n2c3ccc4ccccc4c3c3cccc1c32. The molecule has 0 atom stereocenters. The highest BCUT2D eigenvalue weighted by Crippen LogP contribution is 2.49. The number of rotatable bonds is 2. The topological polar surface area (TPSA) is 30.7 Å². The Morgan fingerprint density at radius 1 is 0.522 bits per heavy atom. The fraction of sp³-hybridized carbons (Fsp3) is 0.0698. The van der Waals surface area contributed by atoms with Crippen LogP contribution in [-0.4, -0.2) is 14.5 Å². The zero-order chi connectivity index (χ0) is 30.6. The summed E-state index contributed by atoms with van der Waals surface area (Å²) in [5, 5.41) is 8.57. The largest absolute Gasteiger partial charge is 0.309 e. The van der Waals surface area contributed by atoms with Crippen molar-refractivity contribution in [3.05, 3.63) is 151 Å². The van der Waals surface area contributed by atoms with Crippen LogP contribution in [-0.2, 0) is 5.41 Å². The smallest absolute Gasteiger partial charge is 0.160 e. The summed E-state index contributed by atoms with van der Waals surface area (Å²) in [5.74, 6) is 0.744. The highest BCUT2D eigenvalue weighted by molar-refractivity contribution is 6.22.